The SMILES string of the molecule is CCC(=Cc1cc(Cl)c(OC)c(OC)c1)CNCC(C)C. The first kappa shape index (κ1) is 17.9. The van der Waals surface area contributed by atoms with Gasteiger partial charge in [-0.3, -0.25) is 0 Å². The quantitative estimate of drug-likeness (QED) is 0.772. The Kier molecular flexibility index (Phi) is 7.62. The molecule has 1 N–H and O–H groups in total. The summed E-state index contributed by atoms with van der Waals surface area (Å²) in [5.41, 5.74) is 2.36. The first-order chi connectivity index (χ1) is 10.0. The van der Waals surface area contributed by atoms with Crippen LogP contribution in [0.1, 0.15) is 32.8 Å². The van der Waals surface area contributed by atoms with E-state index >= 15 is 0 Å². The molecule has 0 bridgehead atoms. The standard InChI is InChI=1S/C17H26ClNO2/c1-6-13(11-19-10-12(2)3)7-14-8-15(18)17(21-5)16(9-14)20-4/h7-9,12,19H,6,10-11H2,1-5H3. The molecular weight excluding hydrogens is 286 g/mol. The molecule has 0 aliphatic heterocycles. The van der Waals surface area contributed by atoms with Crippen molar-refractivity contribution >= 4 is 17.7 Å². The Labute approximate surface area is 133 Å². The van der Waals surface area contributed by atoms with Gasteiger partial charge in [-0.1, -0.05) is 44.0 Å². The number of benzene rings is 1. The zero-order chi connectivity index (χ0) is 15.8. The Bertz CT molecular complexity index is 484. The fourth-order valence-electron chi connectivity index (χ4n) is 2.06. The van der Waals surface area contributed by atoms with Crippen molar-refractivity contribution in [1.29, 1.82) is 0 Å². The van der Waals surface area contributed by atoms with E-state index in [-0.39, 0.29) is 0 Å². The Morgan fingerprint density at radius 2 is 2.00 bits per heavy atom. The second-order valence-electron chi connectivity index (χ2n) is 5.42. The Hall–Kier alpha value is -1.19. The average molecular weight is 312 g/mol. The van der Waals surface area contributed by atoms with Gasteiger partial charge < -0.3 is 14.8 Å². The number of methoxy groups -OCH3 is 2. The van der Waals surface area contributed by atoms with Crippen LogP contribution in [-0.2, 0) is 0 Å². The third kappa shape index (κ3) is 5.60. The van der Waals surface area contributed by atoms with Crippen molar-refractivity contribution in [2.24, 2.45) is 5.92 Å². The maximum atomic E-state index is 6.24. The van der Waals surface area contributed by atoms with Crippen LogP contribution in [0.2, 0.25) is 5.02 Å². The number of nitrogens with one attached hydrogen (secondary N) is 1. The molecule has 0 radical (unpaired) electrons. The zero-order valence-corrected chi connectivity index (χ0v) is 14.4. The van der Waals surface area contributed by atoms with Crippen LogP contribution in [0.15, 0.2) is 17.7 Å². The normalized spacial score (nSPS) is 11.9. The first-order valence-corrected chi connectivity index (χ1v) is 7.71. The van der Waals surface area contributed by atoms with Crippen molar-refractivity contribution in [3.63, 3.8) is 0 Å². The van der Waals surface area contributed by atoms with E-state index in [0.29, 0.717) is 22.4 Å². The van der Waals surface area contributed by atoms with Crippen LogP contribution in [0.25, 0.3) is 6.08 Å². The molecule has 0 heterocycles. The second-order valence-corrected chi connectivity index (χ2v) is 5.83. The lowest BCUT2D eigenvalue weighted by atomic mass is 10.1. The molecule has 4 heteroatoms. The smallest absolute Gasteiger partial charge is 0.179 e. The van der Waals surface area contributed by atoms with Gasteiger partial charge in [0.1, 0.15) is 0 Å². The molecule has 1 aromatic rings. The molecule has 0 unspecified atom stereocenters. The van der Waals surface area contributed by atoms with Gasteiger partial charge >= 0.3 is 0 Å². The van der Waals surface area contributed by atoms with Crippen LogP contribution in [-0.4, -0.2) is 27.3 Å². The van der Waals surface area contributed by atoms with Gasteiger partial charge in [-0.2, -0.15) is 0 Å². The topological polar surface area (TPSA) is 30.5 Å². The van der Waals surface area contributed by atoms with Gasteiger partial charge in [-0.05, 0) is 36.6 Å². The zero-order valence-electron chi connectivity index (χ0n) is 13.6. The predicted octanol–water partition coefficient (Wildman–Crippen LogP) is 4.40. The summed E-state index contributed by atoms with van der Waals surface area (Å²) in [7, 11) is 3.21. The molecule has 1 aromatic carbocycles. The molecule has 0 fully saturated rings. The molecule has 0 saturated carbocycles. The fourth-order valence-corrected chi connectivity index (χ4v) is 2.35. The van der Waals surface area contributed by atoms with Gasteiger partial charge in [0, 0.05) is 6.54 Å². The van der Waals surface area contributed by atoms with Gasteiger partial charge in [0.15, 0.2) is 11.5 Å². The Balaban J connectivity index is 2.92. The van der Waals surface area contributed by atoms with Crippen molar-refractivity contribution in [2.75, 3.05) is 27.3 Å². The van der Waals surface area contributed by atoms with E-state index in [2.05, 4.69) is 32.2 Å². The lowest BCUT2D eigenvalue weighted by molar-refractivity contribution is 0.355. The summed E-state index contributed by atoms with van der Waals surface area (Å²) in [5, 5.41) is 4.03. The highest BCUT2D eigenvalue weighted by Crippen LogP contribution is 2.36. The molecule has 0 spiro atoms. The van der Waals surface area contributed by atoms with Crippen molar-refractivity contribution < 1.29 is 9.47 Å². The van der Waals surface area contributed by atoms with Crippen LogP contribution < -0.4 is 14.8 Å². The predicted molar refractivity (Wildman–Crippen MR) is 90.5 cm³/mol. The highest BCUT2D eigenvalue weighted by Gasteiger charge is 2.10. The van der Waals surface area contributed by atoms with E-state index in [0.717, 1.165) is 25.1 Å². The Morgan fingerprint density at radius 3 is 2.52 bits per heavy atom. The summed E-state index contributed by atoms with van der Waals surface area (Å²) >= 11 is 6.24. The summed E-state index contributed by atoms with van der Waals surface area (Å²) in [6.45, 7) is 8.48. The minimum atomic E-state index is 0.564. The largest absolute Gasteiger partial charge is 0.493 e. The molecule has 3 nitrogen and oxygen atoms in total. The third-order valence-electron chi connectivity index (χ3n) is 3.19. The number of hydrogen-bond acceptors (Lipinski definition) is 3. The highest BCUT2D eigenvalue weighted by atomic mass is 35.5. The lowest BCUT2D eigenvalue weighted by Gasteiger charge is -2.12. The average Bonchev–Trinajstić information content (AvgIpc) is 2.45. The Morgan fingerprint density at radius 1 is 1.29 bits per heavy atom. The van der Waals surface area contributed by atoms with Gasteiger partial charge in [-0.25, -0.2) is 0 Å². The van der Waals surface area contributed by atoms with E-state index in [4.69, 9.17) is 21.1 Å². The highest BCUT2D eigenvalue weighted by molar-refractivity contribution is 6.32. The van der Waals surface area contributed by atoms with Gasteiger partial charge in [0.25, 0.3) is 0 Å². The summed E-state index contributed by atoms with van der Waals surface area (Å²) in [5.74, 6) is 1.88. The minimum absolute atomic E-state index is 0.564. The maximum absolute atomic E-state index is 6.24. The van der Waals surface area contributed by atoms with Crippen LogP contribution in [0.4, 0.5) is 0 Å². The molecule has 0 atom stereocenters. The molecule has 0 saturated heterocycles. The minimum Gasteiger partial charge on any atom is -0.493 e. The third-order valence-corrected chi connectivity index (χ3v) is 3.47. The summed E-state index contributed by atoms with van der Waals surface area (Å²) in [6.07, 6.45) is 3.15. The van der Waals surface area contributed by atoms with Crippen molar-refractivity contribution in [3.05, 3.63) is 28.3 Å². The van der Waals surface area contributed by atoms with Gasteiger partial charge in [0.2, 0.25) is 0 Å². The van der Waals surface area contributed by atoms with Crippen LogP contribution in [0.5, 0.6) is 11.5 Å². The van der Waals surface area contributed by atoms with E-state index < -0.39 is 0 Å². The first-order valence-electron chi connectivity index (χ1n) is 7.33. The molecule has 118 valence electrons. The van der Waals surface area contributed by atoms with Gasteiger partial charge in [-0.15, -0.1) is 0 Å². The van der Waals surface area contributed by atoms with Crippen molar-refractivity contribution in [2.45, 2.75) is 27.2 Å². The lowest BCUT2D eigenvalue weighted by Crippen LogP contribution is -2.21. The van der Waals surface area contributed by atoms with Crippen LogP contribution >= 0.6 is 11.6 Å². The summed E-state index contributed by atoms with van der Waals surface area (Å²) in [4.78, 5) is 0. The number of hydrogen-bond donors (Lipinski definition) is 1. The molecule has 0 amide bonds. The molecule has 0 aliphatic carbocycles. The number of rotatable bonds is 8. The van der Waals surface area contributed by atoms with E-state index in [1.807, 2.05) is 12.1 Å². The summed E-state index contributed by atoms with van der Waals surface area (Å²) < 4.78 is 10.6. The molecule has 0 aromatic heterocycles. The van der Waals surface area contributed by atoms with Crippen molar-refractivity contribution in [1.82, 2.24) is 5.32 Å². The fraction of sp³-hybridized carbons (Fsp3) is 0.529. The van der Waals surface area contributed by atoms with E-state index in [1.54, 1.807) is 14.2 Å². The molecule has 0 aliphatic rings. The molecular formula is C17H26ClNO2. The maximum Gasteiger partial charge on any atom is 0.179 e. The van der Waals surface area contributed by atoms with Crippen LogP contribution in [0, 0.1) is 5.92 Å². The van der Waals surface area contributed by atoms with E-state index in [1.165, 1.54) is 5.57 Å². The van der Waals surface area contributed by atoms with Crippen LogP contribution in [0.3, 0.4) is 0 Å². The number of halogens is 1. The summed E-state index contributed by atoms with van der Waals surface area (Å²) in [6, 6.07) is 3.85. The monoisotopic (exact) mass is 311 g/mol. The molecule has 1 rings (SSSR count). The second kappa shape index (κ2) is 8.96. The number of ether oxygens (including phenoxy) is 2. The van der Waals surface area contributed by atoms with Gasteiger partial charge in [0.05, 0.1) is 19.2 Å². The van der Waals surface area contributed by atoms with E-state index in [9.17, 15) is 0 Å². The molecule has 21 heavy (non-hydrogen) atoms. The van der Waals surface area contributed by atoms with Crippen molar-refractivity contribution in [3.8, 4) is 11.5 Å².